The molecule has 1 unspecified atom stereocenters. The van der Waals surface area contributed by atoms with Crippen molar-refractivity contribution in [1.29, 1.82) is 0 Å². The summed E-state index contributed by atoms with van der Waals surface area (Å²) >= 11 is 0. The van der Waals surface area contributed by atoms with E-state index in [2.05, 4.69) is 0 Å². The van der Waals surface area contributed by atoms with E-state index in [1.807, 2.05) is 13.0 Å². The third kappa shape index (κ3) is 3.11. The van der Waals surface area contributed by atoms with E-state index in [1.165, 1.54) is 44.2 Å². The first-order valence-electron chi connectivity index (χ1n) is 7.12. The van der Waals surface area contributed by atoms with Gasteiger partial charge in [-0.2, -0.15) is 0 Å². The lowest BCUT2D eigenvalue weighted by Crippen LogP contribution is -2.29. The van der Waals surface area contributed by atoms with Gasteiger partial charge in [-0.25, -0.2) is 4.39 Å². The molecule has 1 aromatic carbocycles. The monoisotopic (exact) mass is 250 g/mol. The summed E-state index contributed by atoms with van der Waals surface area (Å²) in [7, 11) is 0. The molecule has 0 saturated heterocycles. The molecule has 1 saturated carbocycles. The van der Waals surface area contributed by atoms with Crippen LogP contribution in [0.2, 0.25) is 0 Å². The lowest BCUT2D eigenvalue weighted by atomic mass is 9.77. The predicted molar refractivity (Wildman–Crippen MR) is 71.8 cm³/mol. The number of rotatable bonds is 4. The van der Waals surface area contributed by atoms with Gasteiger partial charge in [0.1, 0.15) is 5.82 Å². The number of hydrogen-bond acceptors (Lipinski definition) is 1. The van der Waals surface area contributed by atoms with Gasteiger partial charge < -0.3 is 5.11 Å². The Morgan fingerprint density at radius 2 is 2.00 bits per heavy atom. The van der Waals surface area contributed by atoms with Crippen molar-refractivity contribution in [2.24, 2.45) is 5.92 Å². The molecule has 0 heterocycles. The van der Waals surface area contributed by atoms with Crippen LogP contribution in [0.4, 0.5) is 4.39 Å². The molecule has 1 aromatic rings. The predicted octanol–water partition coefficient (Wildman–Crippen LogP) is 4.39. The van der Waals surface area contributed by atoms with Gasteiger partial charge in [0, 0.05) is 0 Å². The average molecular weight is 250 g/mol. The molecule has 0 radical (unpaired) electrons. The van der Waals surface area contributed by atoms with Crippen LogP contribution in [0.25, 0.3) is 0 Å². The minimum atomic E-state index is -0.857. The largest absolute Gasteiger partial charge is 0.385 e. The summed E-state index contributed by atoms with van der Waals surface area (Å²) in [5.41, 5.74) is -0.125. The van der Waals surface area contributed by atoms with E-state index in [9.17, 15) is 9.50 Å². The quantitative estimate of drug-likeness (QED) is 0.840. The summed E-state index contributed by atoms with van der Waals surface area (Å²) in [6, 6.07) is 6.44. The highest BCUT2D eigenvalue weighted by Gasteiger charge is 2.31. The molecule has 0 aliphatic heterocycles. The molecule has 100 valence electrons. The first-order chi connectivity index (χ1) is 8.64. The summed E-state index contributed by atoms with van der Waals surface area (Å²) in [5.74, 6) is 0.329. The fraction of sp³-hybridized carbons (Fsp3) is 0.625. The second-order valence-electron chi connectivity index (χ2n) is 5.60. The first-order valence-corrected chi connectivity index (χ1v) is 7.12. The number of hydrogen-bond donors (Lipinski definition) is 1. The highest BCUT2D eigenvalue weighted by molar-refractivity contribution is 5.23. The lowest BCUT2D eigenvalue weighted by Gasteiger charge is -2.33. The molecule has 1 fully saturated rings. The summed E-state index contributed by atoms with van der Waals surface area (Å²) in [5, 5.41) is 10.8. The average Bonchev–Trinajstić information content (AvgIpc) is 2.40. The van der Waals surface area contributed by atoms with Gasteiger partial charge in [-0.15, -0.1) is 0 Å². The molecule has 1 aliphatic carbocycles. The van der Waals surface area contributed by atoms with Crippen LogP contribution in [-0.4, -0.2) is 5.11 Å². The molecule has 2 heteroatoms. The third-order valence-corrected chi connectivity index (χ3v) is 4.30. The molecule has 0 bridgehead atoms. The zero-order valence-corrected chi connectivity index (χ0v) is 11.2. The Kier molecular flexibility index (Phi) is 4.39. The van der Waals surface area contributed by atoms with Crippen molar-refractivity contribution in [3.63, 3.8) is 0 Å². The first kappa shape index (κ1) is 13.5. The van der Waals surface area contributed by atoms with Crippen LogP contribution in [0.15, 0.2) is 24.3 Å². The molecule has 1 N–H and O–H groups in total. The zero-order chi connectivity index (χ0) is 13.0. The van der Waals surface area contributed by atoms with Gasteiger partial charge in [0.2, 0.25) is 0 Å². The van der Waals surface area contributed by atoms with E-state index >= 15 is 0 Å². The molecule has 1 atom stereocenters. The molecular weight excluding hydrogens is 227 g/mol. The Labute approximate surface area is 109 Å². The van der Waals surface area contributed by atoms with Crippen molar-refractivity contribution in [2.75, 3.05) is 0 Å². The minimum absolute atomic E-state index is 0.261. The van der Waals surface area contributed by atoms with Crippen molar-refractivity contribution >= 4 is 0 Å². The number of aliphatic hydroxyl groups is 1. The van der Waals surface area contributed by atoms with Gasteiger partial charge in [0.05, 0.1) is 5.60 Å². The minimum Gasteiger partial charge on any atom is -0.385 e. The van der Waals surface area contributed by atoms with Crippen molar-refractivity contribution in [3.05, 3.63) is 35.6 Å². The maximum atomic E-state index is 13.3. The molecule has 0 aromatic heterocycles. The number of benzene rings is 1. The third-order valence-electron chi connectivity index (χ3n) is 4.30. The fourth-order valence-electron chi connectivity index (χ4n) is 3.11. The Balaban J connectivity index is 2.13. The molecule has 0 spiro atoms. The molecule has 0 amide bonds. The smallest absolute Gasteiger partial charge is 0.123 e. The second-order valence-corrected chi connectivity index (χ2v) is 5.60. The van der Waals surface area contributed by atoms with Crippen molar-refractivity contribution < 1.29 is 9.50 Å². The van der Waals surface area contributed by atoms with Crippen molar-refractivity contribution in [2.45, 2.75) is 57.5 Å². The van der Waals surface area contributed by atoms with E-state index in [0.717, 1.165) is 12.0 Å². The molecule has 18 heavy (non-hydrogen) atoms. The van der Waals surface area contributed by atoms with Gasteiger partial charge in [-0.1, -0.05) is 51.2 Å². The zero-order valence-electron chi connectivity index (χ0n) is 11.2. The molecular formula is C16H23FO. The van der Waals surface area contributed by atoms with Crippen LogP contribution < -0.4 is 0 Å². The van der Waals surface area contributed by atoms with E-state index < -0.39 is 5.60 Å². The lowest BCUT2D eigenvalue weighted by molar-refractivity contribution is 0.00138. The van der Waals surface area contributed by atoms with Crippen LogP contribution >= 0.6 is 0 Å². The van der Waals surface area contributed by atoms with Crippen LogP contribution in [0.3, 0.4) is 0 Å². The Morgan fingerprint density at radius 3 is 2.61 bits per heavy atom. The molecule has 2 rings (SSSR count). The SMILES string of the molecule is CCC(O)(CC1CCCCC1)c1cccc(F)c1. The van der Waals surface area contributed by atoms with Crippen molar-refractivity contribution in [1.82, 2.24) is 0 Å². The van der Waals surface area contributed by atoms with Gasteiger partial charge in [-0.05, 0) is 36.5 Å². The van der Waals surface area contributed by atoms with E-state index in [0.29, 0.717) is 12.3 Å². The van der Waals surface area contributed by atoms with Crippen LogP contribution in [0.1, 0.15) is 57.4 Å². The standard InChI is InChI=1S/C16H23FO/c1-2-16(18,12-13-7-4-3-5-8-13)14-9-6-10-15(17)11-14/h6,9-11,13,18H,2-5,7-8,12H2,1H3. The maximum absolute atomic E-state index is 13.3. The van der Waals surface area contributed by atoms with Gasteiger partial charge in [-0.3, -0.25) is 0 Å². The normalized spacial score (nSPS) is 20.6. The highest BCUT2D eigenvalue weighted by atomic mass is 19.1. The van der Waals surface area contributed by atoms with Crippen LogP contribution in [-0.2, 0) is 5.60 Å². The summed E-state index contributed by atoms with van der Waals surface area (Å²) in [6.45, 7) is 1.98. The Bertz CT molecular complexity index is 384. The van der Waals surface area contributed by atoms with Crippen LogP contribution in [0.5, 0.6) is 0 Å². The summed E-state index contributed by atoms with van der Waals surface area (Å²) in [4.78, 5) is 0. The Hall–Kier alpha value is -0.890. The fourth-order valence-corrected chi connectivity index (χ4v) is 3.11. The second kappa shape index (κ2) is 5.83. The van der Waals surface area contributed by atoms with Gasteiger partial charge in [0.25, 0.3) is 0 Å². The van der Waals surface area contributed by atoms with E-state index in [4.69, 9.17) is 0 Å². The van der Waals surface area contributed by atoms with Gasteiger partial charge in [0.15, 0.2) is 0 Å². The highest BCUT2D eigenvalue weighted by Crippen LogP contribution is 2.37. The molecule has 1 nitrogen and oxygen atoms in total. The topological polar surface area (TPSA) is 20.2 Å². The van der Waals surface area contributed by atoms with E-state index in [1.54, 1.807) is 6.07 Å². The van der Waals surface area contributed by atoms with E-state index in [-0.39, 0.29) is 5.82 Å². The summed E-state index contributed by atoms with van der Waals surface area (Å²) in [6.07, 6.45) is 7.69. The summed E-state index contributed by atoms with van der Waals surface area (Å²) < 4.78 is 13.3. The Morgan fingerprint density at radius 1 is 1.28 bits per heavy atom. The van der Waals surface area contributed by atoms with Gasteiger partial charge >= 0.3 is 0 Å². The molecule has 1 aliphatic rings. The number of halogens is 1. The van der Waals surface area contributed by atoms with Crippen molar-refractivity contribution in [3.8, 4) is 0 Å². The maximum Gasteiger partial charge on any atom is 0.123 e. The van der Waals surface area contributed by atoms with Crippen LogP contribution in [0, 0.1) is 11.7 Å².